The minimum atomic E-state index is -0.0860. The molecule has 1 aromatic carbocycles. The predicted octanol–water partition coefficient (Wildman–Crippen LogP) is 5.93. The van der Waals surface area contributed by atoms with E-state index in [1.165, 1.54) is 19.3 Å². The Morgan fingerprint density at radius 3 is 2.44 bits per heavy atom. The number of hydrogen-bond donors (Lipinski definition) is 1. The summed E-state index contributed by atoms with van der Waals surface area (Å²) >= 11 is 0. The maximum absolute atomic E-state index is 11.5. The third kappa shape index (κ3) is 4.45. The van der Waals surface area contributed by atoms with Crippen LogP contribution in [0.2, 0.25) is 0 Å². The van der Waals surface area contributed by atoms with Crippen LogP contribution in [-0.4, -0.2) is 11.1 Å². The Morgan fingerprint density at radius 1 is 1.12 bits per heavy atom. The van der Waals surface area contributed by atoms with Gasteiger partial charge in [0.05, 0.1) is 11.6 Å². The Kier molecular flexibility index (Phi) is 5.97. The maximum Gasteiger partial charge on any atom is 0.248 e. The molecule has 0 aliphatic carbocycles. The van der Waals surface area contributed by atoms with Crippen LogP contribution in [0, 0.1) is 10.8 Å². The lowest BCUT2D eigenvalue weighted by Gasteiger charge is -2.45. The van der Waals surface area contributed by atoms with E-state index in [2.05, 4.69) is 46.5 Å². The van der Waals surface area contributed by atoms with E-state index in [9.17, 15) is 4.79 Å². The number of nitrogens with one attached hydrogen (secondary N) is 1. The third-order valence-electron chi connectivity index (χ3n) is 6.05. The molecule has 0 amide bonds. The number of aromatic amines is 1. The van der Waals surface area contributed by atoms with Crippen molar-refractivity contribution < 1.29 is 4.74 Å². The molecular weight excluding hydrogens is 310 g/mol. The summed E-state index contributed by atoms with van der Waals surface area (Å²) in [4.78, 5) is 14.4. The Morgan fingerprint density at radius 2 is 1.80 bits per heavy atom. The second-order valence-corrected chi connectivity index (χ2v) is 8.25. The first-order chi connectivity index (χ1) is 11.7. The van der Waals surface area contributed by atoms with Crippen LogP contribution >= 0.6 is 0 Å². The summed E-state index contributed by atoms with van der Waals surface area (Å²) in [6.07, 6.45) is 4.74. The van der Waals surface area contributed by atoms with Gasteiger partial charge in [0.15, 0.2) is 0 Å². The van der Waals surface area contributed by atoms with Gasteiger partial charge in [-0.2, -0.15) is 0 Å². The summed E-state index contributed by atoms with van der Waals surface area (Å²) in [6, 6.07) is 9.28. The minimum Gasteiger partial charge on any atom is -0.491 e. The molecule has 0 aliphatic rings. The molecule has 0 spiro atoms. The molecule has 25 heavy (non-hydrogen) atoms. The molecule has 1 aromatic heterocycles. The van der Waals surface area contributed by atoms with Gasteiger partial charge in [-0.1, -0.05) is 47.5 Å². The number of pyridine rings is 1. The summed E-state index contributed by atoms with van der Waals surface area (Å²) in [5.41, 5.74) is 1.24. The number of H-pyrrole nitrogens is 1. The van der Waals surface area contributed by atoms with Crippen molar-refractivity contribution in [3.8, 4) is 5.75 Å². The summed E-state index contributed by atoms with van der Waals surface area (Å²) < 4.78 is 6.19. The molecule has 2 atom stereocenters. The van der Waals surface area contributed by atoms with Crippen LogP contribution in [0.3, 0.4) is 0 Å². The topological polar surface area (TPSA) is 42.1 Å². The zero-order valence-corrected chi connectivity index (χ0v) is 16.6. The molecule has 0 radical (unpaired) electrons. The lowest BCUT2D eigenvalue weighted by Crippen LogP contribution is -2.38. The van der Waals surface area contributed by atoms with Crippen molar-refractivity contribution in [2.24, 2.45) is 10.8 Å². The largest absolute Gasteiger partial charge is 0.491 e. The second-order valence-electron chi connectivity index (χ2n) is 8.25. The zero-order chi connectivity index (χ0) is 18.7. The van der Waals surface area contributed by atoms with Crippen molar-refractivity contribution in [1.82, 2.24) is 4.98 Å². The second kappa shape index (κ2) is 7.63. The van der Waals surface area contributed by atoms with E-state index < -0.39 is 0 Å². The Balaban J connectivity index is 2.13. The molecule has 3 heteroatoms. The smallest absolute Gasteiger partial charge is 0.248 e. The molecule has 0 saturated heterocycles. The van der Waals surface area contributed by atoms with Gasteiger partial charge in [0.2, 0.25) is 5.56 Å². The molecule has 2 aromatic rings. The van der Waals surface area contributed by atoms with Gasteiger partial charge in [0, 0.05) is 12.1 Å². The van der Waals surface area contributed by atoms with E-state index >= 15 is 0 Å². The van der Waals surface area contributed by atoms with E-state index in [0.717, 1.165) is 23.1 Å². The summed E-state index contributed by atoms with van der Waals surface area (Å²) in [6.45, 7) is 13.8. The first-order valence-corrected chi connectivity index (χ1v) is 9.50. The fourth-order valence-corrected chi connectivity index (χ4v) is 3.99. The average molecular weight is 344 g/mol. The minimum absolute atomic E-state index is 0.0860. The van der Waals surface area contributed by atoms with E-state index in [0.29, 0.717) is 5.41 Å². The molecule has 0 bridgehead atoms. The van der Waals surface area contributed by atoms with Crippen LogP contribution in [0.4, 0.5) is 0 Å². The van der Waals surface area contributed by atoms with Gasteiger partial charge in [-0.3, -0.25) is 4.79 Å². The van der Waals surface area contributed by atoms with Gasteiger partial charge in [0.1, 0.15) is 5.75 Å². The van der Waals surface area contributed by atoms with E-state index in [-0.39, 0.29) is 17.1 Å². The molecule has 0 aliphatic heterocycles. The number of benzene rings is 1. The third-order valence-corrected chi connectivity index (χ3v) is 6.05. The standard InChI is InChI=1S/C22H33NO2/c1-7-13-22(6,8-2)21(4,5)15-16(3)25-18-11-9-17-10-12-20(24)23-19(17)14-18/h9-12,14,16H,7-8,13,15H2,1-6H3,(H,23,24). The van der Waals surface area contributed by atoms with E-state index in [1.807, 2.05) is 24.3 Å². The highest BCUT2D eigenvalue weighted by Gasteiger charge is 2.39. The molecule has 138 valence electrons. The van der Waals surface area contributed by atoms with Crippen molar-refractivity contribution in [3.63, 3.8) is 0 Å². The number of ether oxygens (including phenoxy) is 1. The van der Waals surface area contributed by atoms with Gasteiger partial charge in [0.25, 0.3) is 0 Å². The van der Waals surface area contributed by atoms with E-state index in [4.69, 9.17) is 4.74 Å². The van der Waals surface area contributed by atoms with Crippen LogP contribution in [0.25, 0.3) is 10.9 Å². The molecule has 0 saturated carbocycles. The number of fused-ring (bicyclic) bond motifs is 1. The first kappa shape index (κ1) is 19.6. The summed E-state index contributed by atoms with van der Waals surface area (Å²) in [5.74, 6) is 0.811. The predicted molar refractivity (Wildman–Crippen MR) is 106 cm³/mol. The number of rotatable bonds is 8. The van der Waals surface area contributed by atoms with Crippen LogP contribution in [0.15, 0.2) is 35.1 Å². The van der Waals surface area contributed by atoms with Gasteiger partial charge < -0.3 is 9.72 Å². The Labute approximate surface area is 151 Å². The first-order valence-electron chi connectivity index (χ1n) is 9.50. The van der Waals surface area contributed by atoms with Crippen molar-refractivity contribution in [3.05, 3.63) is 40.7 Å². The van der Waals surface area contributed by atoms with Gasteiger partial charge >= 0.3 is 0 Å². The molecule has 2 rings (SSSR count). The molecular formula is C22H33NO2. The van der Waals surface area contributed by atoms with Crippen LogP contribution in [0.1, 0.15) is 67.2 Å². The van der Waals surface area contributed by atoms with Crippen molar-refractivity contribution >= 4 is 10.9 Å². The molecule has 0 fully saturated rings. The lowest BCUT2D eigenvalue weighted by molar-refractivity contribution is 0.0260. The molecule has 2 unspecified atom stereocenters. The summed E-state index contributed by atoms with van der Waals surface area (Å²) in [5, 5.41) is 1.02. The van der Waals surface area contributed by atoms with Crippen molar-refractivity contribution in [2.45, 2.75) is 73.3 Å². The molecule has 1 N–H and O–H groups in total. The van der Waals surface area contributed by atoms with Crippen molar-refractivity contribution in [1.29, 1.82) is 0 Å². The Hall–Kier alpha value is -1.77. The molecule has 1 heterocycles. The zero-order valence-electron chi connectivity index (χ0n) is 16.6. The SMILES string of the molecule is CCCC(C)(CC)C(C)(C)CC(C)Oc1ccc2ccc(=O)[nH]c2c1. The number of hydrogen-bond acceptors (Lipinski definition) is 2. The average Bonchev–Trinajstić information content (AvgIpc) is 2.53. The molecule has 3 nitrogen and oxygen atoms in total. The number of aromatic nitrogens is 1. The lowest BCUT2D eigenvalue weighted by atomic mass is 9.61. The van der Waals surface area contributed by atoms with E-state index in [1.54, 1.807) is 6.07 Å². The quantitative estimate of drug-likeness (QED) is 0.645. The van der Waals surface area contributed by atoms with Crippen LogP contribution in [-0.2, 0) is 0 Å². The fourth-order valence-electron chi connectivity index (χ4n) is 3.99. The maximum atomic E-state index is 11.5. The highest BCUT2D eigenvalue weighted by molar-refractivity contribution is 5.79. The van der Waals surface area contributed by atoms with Crippen LogP contribution < -0.4 is 10.3 Å². The van der Waals surface area contributed by atoms with Crippen LogP contribution in [0.5, 0.6) is 5.75 Å². The normalized spacial score (nSPS) is 15.8. The highest BCUT2D eigenvalue weighted by atomic mass is 16.5. The monoisotopic (exact) mass is 343 g/mol. The van der Waals surface area contributed by atoms with Crippen molar-refractivity contribution in [2.75, 3.05) is 0 Å². The highest BCUT2D eigenvalue weighted by Crippen LogP contribution is 2.48. The summed E-state index contributed by atoms with van der Waals surface area (Å²) in [7, 11) is 0. The Bertz CT molecular complexity index is 762. The van der Waals surface area contributed by atoms with Gasteiger partial charge in [-0.25, -0.2) is 0 Å². The fraction of sp³-hybridized carbons (Fsp3) is 0.591. The van der Waals surface area contributed by atoms with Gasteiger partial charge in [-0.05, 0) is 54.2 Å². The van der Waals surface area contributed by atoms with Gasteiger partial charge in [-0.15, -0.1) is 0 Å².